The third kappa shape index (κ3) is 3.75. The standard InChI is InChI=1S/C27H28FN5O/c1-34-22-9-5-8-21(17-22)31-12-14-32(15-13-31)27-23-10-2-3-11-24(23)29-26-18-25(30-33(26)27)19-6-4-7-20(28)16-19/h4-9,16-18H,2-3,10-15H2,1H3. The van der Waals surface area contributed by atoms with Crippen molar-refractivity contribution in [2.24, 2.45) is 0 Å². The van der Waals surface area contributed by atoms with E-state index in [9.17, 15) is 4.39 Å². The lowest BCUT2D eigenvalue weighted by molar-refractivity contribution is 0.414. The van der Waals surface area contributed by atoms with Crippen molar-refractivity contribution in [3.05, 3.63) is 71.7 Å². The maximum absolute atomic E-state index is 13.9. The molecule has 0 N–H and O–H groups in total. The normalized spacial score (nSPS) is 16.1. The summed E-state index contributed by atoms with van der Waals surface area (Å²) in [4.78, 5) is 9.84. The number of nitrogens with zero attached hydrogens (tertiary/aromatic N) is 5. The summed E-state index contributed by atoms with van der Waals surface area (Å²) in [5.74, 6) is 1.79. The summed E-state index contributed by atoms with van der Waals surface area (Å²) in [5, 5.41) is 4.92. The number of hydrogen-bond donors (Lipinski definition) is 0. The molecule has 0 saturated carbocycles. The Morgan fingerprint density at radius 1 is 0.882 bits per heavy atom. The number of halogens is 1. The second-order valence-electron chi connectivity index (χ2n) is 9.05. The first-order valence-electron chi connectivity index (χ1n) is 12.0. The smallest absolute Gasteiger partial charge is 0.158 e. The second-order valence-corrected chi connectivity index (χ2v) is 9.05. The number of aromatic nitrogens is 3. The van der Waals surface area contributed by atoms with Crippen LogP contribution >= 0.6 is 0 Å². The van der Waals surface area contributed by atoms with Gasteiger partial charge in [0.1, 0.15) is 17.4 Å². The minimum atomic E-state index is -0.254. The van der Waals surface area contributed by atoms with Crippen LogP contribution in [0.4, 0.5) is 15.9 Å². The summed E-state index contributed by atoms with van der Waals surface area (Å²) >= 11 is 0. The van der Waals surface area contributed by atoms with E-state index in [4.69, 9.17) is 14.8 Å². The highest BCUT2D eigenvalue weighted by molar-refractivity contribution is 5.68. The van der Waals surface area contributed by atoms with Crippen LogP contribution in [-0.4, -0.2) is 47.9 Å². The summed E-state index contributed by atoms with van der Waals surface area (Å²) in [5.41, 5.74) is 6.07. The fraction of sp³-hybridized carbons (Fsp3) is 0.333. The maximum atomic E-state index is 13.9. The zero-order chi connectivity index (χ0) is 23.1. The fourth-order valence-corrected chi connectivity index (χ4v) is 5.22. The first kappa shape index (κ1) is 21.0. The van der Waals surface area contributed by atoms with Crippen LogP contribution in [0.25, 0.3) is 16.9 Å². The van der Waals surface area contributed by atoms with Crippen LogP contribution in [0.2, 0.25) is 0 Å². The molecule has 6 nitrogen and oxygen atoms in total. The molecule has 2 aromatic heterocycles. The molecule has 0 unspecified atom stereocenters. The molecule has 34 heavy (non-hydrogen) atoms. The SMILES string of the molecule is COc1cccc(N2CCN(c3c4c(nc5cc(-c6cccc(F)c6)nn35)CCCC4)CC2)c1. The van der Waals surface area contributed by atoms with Gasteiger partial charge in [0, 0.05) is 60.8 Å². The van der Waals surface area contributed by atoms with Gasteiger partial charge in [-0.15, -0.1) is 0 Å². The lowest BCUT2D eigenvalue weighted by Gasteiger charge is -2.38. The largest absolute Gasteiger partial charge is 0.497 e. The van der Waals surface area contributed by atoms with Gasteiger partial charge in [0.25, 0.3) is 0 Å². The van der Waals surface area contributed by atoms with Crippen molar-refractivity contribution in [2.75, 3.05) is 43.1 Å². The summed E-state index contributed by atoms with van der Waals surface area (Å²) in [7, 11) is 1.71. The van der Waals surface area contributed by atoms with Crippen LogP contribution in [0.5, 0.6) is 5.75 Å². The molecule has 6 rings (SSSR count). The lowest BCUT2D eigenvalue weighted by atomic mass is 9.96. The number of hydrogen-bond acceptors (Lipinski definition) is 5. The molecule has 0 spiro atoms. The van der Waals surface area contributed by atoms with E-state index in [1.54, 1.807) is 13.2 Å². The van der Waals surface area contributed by atoms with E-state index in [2.05, 4.69) is 21.9 Å². The van der Waals surface area contributed by atoms with Crippen molar-refractivity contribution in [3.63, 3.8) is 0 Å². The van der Waals surface area contributed by atoms with Crippen LogP contribution in [0, 0.1) is 5.82 Å². The fourth-order valence-electron chi connectivity index (χ4n) is 5.22. The molecule has 1 aliphatic heterocycles. The van der Waals surface area contributed by atoms with Gasteiger partial charge in [-0.2, -0.15) is 9.61 Å². The van der Waals surface area contributed by atoms with E-state index in [1.165, 1.54) is 41.9 Å². The van der Waals surface area contributed by atoms with Gasteiger partial charge < -0.3 is 14.5 Å². The van der Waals surface area contributed by atoms with Crippen molar-refractivity contribution >= 4 is 17.2 Å². The van der Waals surface area contributed by atoms with E-state index in [0.717, 1.165) is 67.5 Å². The Morgan fingerprint density at radius 2 is 1.68 bits per heavy atom. The van der Waals surface area contributed by atoms with E-state index >= 15 is 0 Å². The van der Waals surface area contributed by atoms with Crippen molar-refractivity contribution in [2.45, 2.75) is 25.7 Å². The summed E-state index contributed by atoms with van der Waals surface area (Å²) in [6.45, 7) is 3.64. The predicted octanol–water partition coefficient (Wildman–Crippen LogP) is 4.75. The lowest BCUT2D eigenvalue weighted by Crippen LogP contribution is -2.47. The van der Waals surface area contributed by atoms with Gasteiger partial charge in [0.2, 0.25) is 0 Å². The van der Waals surface area contributed by atoms with Gasteiger partial charge >= 0.3 is 0 Å². The zero-order valence-corrected chi connectivity index (χ0v) is 19.4. The molecule has 4 aromatic rings. The molecule has 0 radical (unpaired) electrons. The number of rotatable bonds is 4. The molecule has 2 aliphatic rings. The molecule has 174 valence electrons. The monoisotopic (exact) mass is 457 g/mol. The Hall–Kier alpha value is -3.61. The molecule has 0 atom stereocenters. The molecule has 1 fully saturated rings. The number of fused-ring (bicyclic) bond motifs is 2. The third-order valence-electron chi connectivity index (χ3n) is 6.97. The van der Waals surface area contributed by atoms with Crippen molar-refractivity contribution in [3.8, 4) is 17.0 Å². The van der Waals surface area contributed by atoms with Gasteiger partial charge in [0.15, 0.2) is 5.65 Å². The number of ether oxygens (including phenoxy) is 1. The molecular formula is C27H28FN5O. The van der Waals surface area contributed by atoms with Crippen LogP contribution in [-0.2, 0) is 12.8 Å². The molecule has 2 aromatic carbocycles. The highest BCUT2D eigenvalue weighted by Crippen LogP contribution is 2.33. The minimum Gasteiger partial charge on any atom is -0.497 e. The Balaban J connectivity index is 1.36. The predicted molar refractivity (Wildman–Crippen MR) is 132 cm³/mol. The molecule has 3 heterocycles. The molecule has 1 aliphatic carbocycles. The third-order valence-corrected chi connectivity index (χ3v) is 6.97. The first-order valence-corrected chi connectivity index (χ1v) is 12.0. The quantitative estimate of drug-likeness (QED) is 0.443. The Morgan fingerprint density at radius 3 is 2.50 bits per heavy atom. The molecular weight excluding hydrogens is 429 g/mol. The Bertz CT molecular complexity index is 1340. The number of anilines is 2. The number of methoxy groups -OCH3 is 1. The molecule has 0 bridgehead atoms. The average Bonchev–Trinajstić information content (AvgIpc) is 3.31. The topological polar surface area (TPSA) is 45.9 Å². The van der Waals surface area contributed by atoms with Crippen LogP contribution in [0.3, 0.4) is 0 Å². The van der Waals surface area contributed by atoms with Gasteiger partial charge in [-0.05, 0) is 49.9 Å². The summed E-state index contributed by atoms with van der Waals surface area (Å²) in [6.07, 6.45) is 4.38. The number of aryl methyl sites for hydroxylation is 1. The molecule has 0 amide bonds. The summed E-state index contributed by atoms with van der Waals surface area (Å²) < 4.78 is 21.3. The van der Waals surface area contributed by atoms with E-state index < -0.39 is 0 Å². The van der Waals surface area contributed by atoms with Crippen LogP contribution in [0.15, 0.2) is 54.6 Å². The van der Waals surface area contributed by atoms with Crippen molar-refractivity contribution in [1.82, 2.24) is 14.6 Å². The highest BCUT2D eigenvalue weighted by Gasteiger charge is 2.27. The van der Waals surface area contributed by atoms with Gasteiger partial charge in [-0.1, -0.05) is 18.2 Å². The van der Waals surface area contributed by atoms with E-state index in [0.29, 0.717) is 0 Å². The van der Waals surface area contributed by atoms with E-state index in [-0.39, 0.29) is 5.82 Å². The first-order chi connectivity index (χ1) is 16.7. The van der Waals surface area contributed by atoms with Gasteiger partial charge in [0.05, 0.1) is 12.8 Å². The maximum Gasteiger partial charge on any atom is 0.158 e. The van der Waals surface area contributed by atoms with Gasteiger partial charge in [-0.25, -0.2) is 9.37 Å². The van der Waals surface area contributed by atoms with Gasteiger partial charge in [-0.3, -0.25) is 0 Å². The van der Waals surface area contributed by atoms with Crippen LogP contribution < -0.4 is 14.5 Å². The van der Waals surface area contributed by atoms with Crippen molar-refractivity contribution < 1.29 is 9.13 Å². The van der Waals surface area contributed by atoms with Crippen LogP contribution in [0.1, 0.15) is 24.1 Å². The molecule has 7 heteroatoms. The number of benzene rings is 2. The number of piperazine rings is 1. The Labute approximate surface area is 198 Å². The zero-order valence-electron chi connectivity index (χ0n) is 19.4. The molecule has 1 saturated heterocycles. The highest BCUT2D eigenvalue weighted by atomic mass is 19.1. The second kappa shape index (κ2) is 8.63. The van der Waals surface area contributed by atoms with Crippen molar-refractivity contribution in [1.29, 1.82) is 0 Å². The Kier molecular flexibility index (Phi) is 5.32. The average molecular weight is 458 g/mol. The summed E-state index contributed by atoms with van der Waals surface area (Å²) in [6, 6.07) is 16.9. The van der Waals surface area contributed by atoms with E-state index in [1.807, 2.05) is 28.8 Å². The minimum absolute atomic E-state index is 0.254.